The summed E-state index contributed by atoms with van der Waals surface area (Å²) in [5.74, 6) is -0.0577. The first-order valence-corrected chi connectivity index (χ1v) is 7.53. The number of carbonyl (C=O) groups is 1. The predicted octanol–water partition coefficient (Wildman–Crippen LogP) is 1.08. The minimum absolute atomic E-state index is 0.0577. The molecule has 2 aromatic heterocycles. The molecule has 0 saturated carbocycles. The Kier molecular flexibility index (Phi) is 2.92. The second-order valence-electron chi connectivity index (χ2n) is 6.14. The van der Waals surface area contributed by atoms with Crippen LogP contribution in [0.3, 0.4) is 0 Å². The fraction of sp³-hybridized carbons (Fsp3) is 0.533. The van der Waals surface area contributed by atoms with Gasteiger partial charge in [0.15, 0.2) is 5.65 Å². The van der Waals surface area contributed by atoms with Crippen molar-refractivity contribution in [1.82, 2.24) is 24.8 Å². The quantitative estimate of drug-likeness (QED) is 0.897. The number of hydrogen-bond donors (Lipinski definition) is 1. The Hall–Kier alpha value is -1.95. The normalized spacial score (nSPS) is 28.9. The highest BCUT2D eigenvalue weighted by Gasteiger charge is 2.39. The summed E-state index contributed by atoms with van der Waals surface area (Å²) in [4.78, 5) is 19.2. The number of aromatic nitrogens is 3. The van der Waals surface area contributed by atoms with Crippen LogP contribution in [0, 0.1) is 0 Å². The molecule has 2 unspecified atom stereocenters. The van der Waals surface area contributed by atoms with Gasteiger partial charge < -0.3 is 10.2 Å². The molecule has 0 radical (unpaired) electrons. The third kappa shape index (κ3) is 2.10. The molecule has 110 valence electrons. The predicted molar refractivity (Wildman–Crippen MR) is 78.0 cm³/mol. The third-order valence-corrected chi connectivity index (χ3v) is 4.96. The first kappa shape index (κ1) is 12.8. The number of rotatable bonds is 2. The first-order chi connectivity index (χ1) is 10.2. The molecular formula is C15H19N5O. The number of fused-ring (bicyclic) bond motifs is 3. The van der Waals surface area contributed by atoms with Crippen molar-refractivity contribution in [3.8, 4) is 0 Å². The smallest absolute Gasteiger partial charge is 0.256 e. The lowest BCUT2D eigenvalue weighted by Crippen LogP contribution is -2.48. The average Bonchev–Trinajstić information content (AvgIpc) is 2.98. The molecule has 0 aromatic carbocycles. The van der Waals surface area contributed by atoms with Crippen molar-refractivity contribution in [2.45, 2.75) is 43.8 Å². The lowest BCUT2D eigenvalue weighted by atomic mass is 9.98. The third-order valence-electron chi connectivity index (χ3n) is 4.96. The molecule has 21 heavy (non-hydrogen) atoms. The van der Waals surface area contributed by atoms with Crippen LogP contribution in [0.1, 0.15) is 36.0 Å². The summed E-state index contributed by atoms with van der Waals surface area (Å²) >= 11 is 0. The van der Waals surface area contributed by atoms with E-state index in [0.29, 0.717) is 23.3 Å². The zero-order valence-electron chi connectivity index (χ0n) is 12.1. The summed E-state index contributed by atoms with van der Waals surface area (Å²) in [6.07, 6.45) is 9.69. The van der Waals surface area contributed by atoms with Gasteiger partial charge in [0, 0.05) is 30.5 Å². The van der Waals surface area contributed by atoms with Crippen LogP contribution < -0.4 is 5.32 Å². The molecular weight excluding hydrogens is 266 g/mol. The number of nitrogens with one attached hydrogen (secondary N) is 1. The van der Waals surface area contributed by atoms with Crippen molar-refractivity contribution in [2.24, 2.45) is 0 Å². The van der Waals surface area contributed by atoms with Gasteiger partial charge in [-0.2, -0.15) is 5.10 Å². The monoisotopic (exact) mass is 285 g/mol. The van der Waals surface area contributed by atoms with E-state index < -0.39 is 0 Å². The Bertz CT molecular complexity index is 668. The van der Waals surface area contributed by atoms with Crippen molar-refractivity contribution < 1.29 is 4.79 Å². The van der Waals surface area contributed by atoms with Crippen LogP contribution in [0.25, 0.3) is 5.65 Å². The molecule has 4 heterocycles. The lowest BCUT2D eigenvalue weighted by Gasteiger charge is -2.36. The standard InChI is InChI=1S/C15H19N5O/c1-19-11-3-4-12(19)8-10(7-11)18-15(21)13-9-17-20-6-2-5-16-14(13)20/h2,5-6,9-12H,3-4,7-8H2,1H3,(H,18,21). The fourth-order valence-electron chi connectivity index (χ4n) is 3.78. The van der Waals surface area contributed by atoms with E-state index in [-0.39, 0.29) is 11.9 Å². The maximum Gasteiger partial charge on any atom is 0.256 e. The Morgan fingerprint density at radius 3 is 2.86 bits per heavy atom. The van der Waals surface area contributed by atoms with E-state index in [0.717, 1.165) is 12.8 Å². The highest BCUT2D eigenvalue weighted by atomic mass is 16.1. The molecule has 2 fully saturated rings. The molecule has 2 atom stereocenters. The number of nitrogens with zero attached hydrogens (tertiary/aromatic N) is 4. The molecule has 2 aliphatic heterocycles. The van der Waals surface area contributed by atoms with Crippen molar-refractivity contribution in [1.29, 1.82) is 0 Å². The molecule has 4 rings (SSSR count). The highest BCUT2D eigenvalue weighted by molar-refractivity contribution is 5.99. The minimum Gasteiger partial charge on any atom is -0.349 e. The zero-order chi connectivity index (χ0) is 14.4. The summed E-state index contributed by atoms with van der Waals surface area (Å²) in [5, 5.41) is 7.35. The molecule has 6 heteroatoms. The second kappa shape index (κ2) is 4.80. The number of piperidine rings is 1. The van der Waals surface area contributed by atoms with Gasteiger partial charge in [-0.1, -0.05) is 0 Å². The van der Waals surface area contributed by atoms with Crippen molar-refractivity contribution >= 4 is 11.6 Å². The SMILES string of the molecule is CN1C2CCC1CC(NC(=O)c1cnn3cccnc13)C2. The Labute approximate surface area is 123 Å². The summed E-state index contributed by atoms with van der Waals surface area (Å²) in [7, 11) is 2.20. The van der Waals surface area contributed by atoms with Gasteiger partial charge in [0.25, 0.3) is 5.91 Å². The number of carbonyl (C=O) groups excluding carboxylic acids is 1. The van der Waals surface area contributed by atoms with E-state index in [1.165, 1.54) is 12.8 Å². The molecule has 6 nitrogen and oxygen atoms in total. The zero-order valence-corrected chi connectivity index (χ0v) is 12.1. The Balaban J connectivity index is 1.51. The van der Waals surface area contributed by atoms with Crippen molar-refractivity contribution in [3.63, 3.8) is 0 Å². The molecule has 0 spiro atoms. The largest absolute Gasteiger partial charge is 0.349 e. The topological polar surface area (TPSA) is 62.5 Å². The van der Waals surface area contributed by atoms with E-state index in [9.17, 15) is 4.79 Å². The van der Waals surface area contributed by atoms with Gasteiger partial charge in [0.2, 0.25) is 0 Å². The molecule has 1 amide bonds. The van der Waals surface area contributed by atoms with Crippen molar-refractivity contribution in [2.75, 3.05) is 7.05 Å². The maximum atomic E-state index is 12.5. The lowest BCUT2D eigenvalue weighted by molar-refractivity contribution is 0.0884. The van der Waals surface area contributed by atoms with Gasteiger partial charge in [-0.05, 0) is 38.8 Å². The Morgan fingerprint density at radius 2 is 2.10 bits per heavy atom. The van der Waals surface area contributed by atoms with E-state index in [2.05, 4.69) is 27.3 Å². The molecule has 2 bridgehead atoms. The van der Waals surface area contributed by atoms with Crippen LogP contribution >= 0.6 is 0 Å². The van der Waals surface area contributed by atoms with Crippen molar-refractivity contribution in [3.05, 3.63) is 30.2 Å². The first-order valence-electron chi connectivity index (χ1n) is 7.53. The van der Waals surface area contributed by atoms with Crippen LogP contribution in [0.15, 0.2) is 24.7 Å². The summed E-state index contributed by atoms with van der Waals surface area (Å²) in [5.41, 5.74) is 1.17. The van der Waals surface area contributed by atoms with Gasteiger partial charge in [0.1, 0.15) is 5.56 Å². The average molecular weight is 285 g/mol. The van der Waals surface area contributed by atoms with Crippen LogP contribution in [0.4, 0.5) is 0 Å². The van der Waals surface area contributed by atoms with Crippen LogP contribution in [0.5, 0.6) is 0 Å². The van der Waals surface area contributed by atoms with Gasteiger partial charge in [-0.15, -0.1) is 0 Å². The molecule has 2 saturated heterocycles. The second-order valence-corrected chi connectivity index (χ2v) is 6.14. The van der Waals surface area contributed by atoms with Gasteiger partial charge in [-0.3, -0.25) is 4.79 Å². The van der Waals surface area contributed by atoms with E-state index >= 15 is 0 Å². The fourth-order valence-corrected chi connectivity index (χ4v) is 3.78. The van der Waals surface area contributed by atoms with E-state index in [1.807, 2.05) is 0 Å². The molecule has 2 aliphatic rings. The van der Waals surface area contributed by atoms with E-state index in [1.54, 1.807) is 29.2 Å². The molecule has 2 aromatic rings. The maximum absolute atomic E-state index is 12.5. The van der Waals surface area contributed by atoms with Crippen LogP contribution in [0.2, 0.25) is 0 Å². The van der Waals surface area contributed by atoms with Crippen LogP contribution in [-0.2, 0) is 0 Å². The highest BCUT2D eigenvalue weighted by Crippen LogP contribution is 2.34. The van der Waals surface area contributed by atoms with Gasteiger partial charge >= 0.3 is 0 Å². The molecule has 1 N–H and O–H groups in total. The minimum atomic E-state index is -0.0577. The summed E-state index contributed by atoms with van der Waals surface area (Å²) in [6.45, 7) is 0. The molecule has 0 aliphatic carbocycles. The number of amides is 1. The van der Waals surface area contributed by atoms with Gasteiger partial charge in [-0.25, -0.2) is 9.50 Å². The van der Waals surface area contributed by atoms with Crippen LogP contribution in [-0.4, -0.2) is 50.6 Å². The summed E-state index contributed by atoms with van der Waals surface area (Å²) in [6, 6.07) is 3.31. The summed E-state index contributed by atoms with van der Waals surface area (Å²) < 4.78 is 1.63. The van der Waals surface area contributed by atoms with E-state index in [4.69, 9.17) is 0 Å². The van der Waals surface area contributed by atoms with Gasteiger partial charge in [0.05, 0.1) is 6.20 Å². The Morgan fingerprint density at radius 1 is 1.33 bits per heavy atom. The number of hydrogen-bond acceptors (Lipinski definition) is 4.